The van der Waals surface area contributed by atoms with Gasteiger partial charge in [-0.25, -0.2) is 0 Å². The molecule has 72 valence electrons. The highest BCUT2D eigenvalue weighted by atomic mass is 79.9. The first-order chi connectivity index (χ1) is 5.61. The molecule has 0 aliphatic heterocycles. The summed E-state index contributed by atoms with van der Waals surface area (Å²) >= 11 is 6.79. The average Bonchev–Trinajstić information content (AvgIpc) is 1.97. The van der Waals surface area contributed by atoms with Gasteiger partial charge < -0.3 is 5.73 Å². The van der Waals surface area contributed by atoms with Gasteiger partial charge in [0.2, 0.25) is 0 Å². The molecule has 3 N–H and O–H groups in total. The van der Waals surface area contributed by atoms with Crippen LogP contribution in [0.5, 0.6) is 0 Å². The highest BCUT2D eigenvalue weighted by molar-refractivity contribution is 9.11. The molecule has 0 aliphatic carbocycles. The number of benzene rings is 1. The van der Waals surface area contributed by atoms with Crippen molar-refractivity contribution in [2.24, 2.45) is 5.73 Å². The van der Waals surface area contributed by atoms with Crippen molar-refractivity contribution < 1.29 is 0 Å². The van der Waals surface area contributed by atoms with E-state index in [1.807, 2.05) is 18.2 Å². The largest absolute Gasteiger partial charge is 0.387 e. The summed E-state index contributed by atoms with van der Waals surface area (Å²) in [7, 11) is 0. The predicted molar refractivity (Wildman–Crippen MR) is 64.7 cm³/mol. The standard InChI is InChI=1S/C8H8Br2N2.ClH/c9-6-2-1-3-7(10)5(6)4-8(11)12;/h1-3H,4H2,(H3,11,12);1H. The first-order valence-electron chi connectivity index (χ1n) is 3.37. The Bertz CT molecular complexity index is 295. The fourth-order valence-corrected chi connectivity index (χ4v) is 2.17. The number of amidine groups is 1. The fourth-order valence-electron chi connectivity index (χ4n) is 0.892. The molecule has 0 atom stereocenters. The van der Waals surface area contributed by atoms with Crippen molar-refractivity contribution in [3.63, 3.8) is 0 Å². The molecule has 0 bridgehead atoms. The molecule has 0 aliphatic rings. The van der Waals surface area contributed by atoms with Gasteiger partial charge >= 0.3 is 0 Å². The molecule has 2 nitrogen and oxygen atoms in total. The lowest BCUT2D eigenvalue weighted by Crippen LogP contribution is -2.13. The highest BCUT2D eigenvalue weighted by Crippen LogP contribution is 2.25. The minimum Gasteiger partial charge on any atom is -0.387 e. The maximum absolute atomic E-state index is 7.16. The van der Waals surface area contributed by atoms with E-state index in [9.17, 15) is 0 Å². The second-order valence-electron chi connectivity index (χ2n) is 2.40. The molecule has 0 aromatic heterocycles. The van der Waals surface area contributed by atoms with Crippen molar-refractivity contribution in [2.45, 2.75) is 6.42 Å². The minimum absolute atomic E-state index is 0. The van der Waals surface area contributed by atoms with Crippen molar-refractivity contribution in [1.29, 1.82) is 5.41 Å². The molecular formula is C8H9Br2ClN2. The summed E-state index contributed by atoms with van der Waals surface area (Å²) in [6.07, 6.45) is 0.474. The Balaban J connectivity index is 0.00000144. The topological polar surface area (TPSA) is 49.9 Å². The van der Waals surface area contributed by atoms with Crippen LogP contribution < -0.4 is 5.73 Å². The van der Waals surface area contributed by atoms with Gasteiger partial charge in [-0.15, -0.1) is 12.4 Å². The molecule has 0 unspecified atom stereocenters. The summed E-state index contributed by atoms with van der Waals surface area (Å²) in [4.78, 5) is 0. The van der Waals surface area contributed by atoms with Crippen LogP contribution in [0.4, 0.5) is 0 Å². The smallest absolute Gasteiger partial charge is 0.0950 e. The lowest BCUT2D eigenvalue weighted by Gasteiger charge is -2.04. The molecule has 0 saturated carbocycles. The third-order valence-electron chi connectivity index (χ3n) is 1.43. The molecule has 0 amide bonds. The van der Waals surface area contributed by atoms with E-state index in [1.165, 1.54) is 0 Å². The van der Waals surface area contributed by atoms with Crippen LogP contribution in [0, 0.1) is 5.41 Å². The lowest BCUT2D eigenvalue weighted by molar-refractivity contribution is 1.22. The number of halogens is 3. The molecule has 0 fully saturated rings. The summed E-state index contributed by atoms with van der Waals surface area (Å²) < 4.78 is 1.96. The zero-order valence-corrected chi connectivity index (χ0v) is 10.7. The zero-order valence-electron chi connectivity index (χ0n) is 6.68. The zero-order chi connectivity index (χ0) is 9.14. The van der Waals surface area contributed by atoms with E-state index >= 15 is 0 Å². The van der Waals surface area contributed by atoms with Crippen LogP contribution in [0.3, 0.4) is 0 Å². The Labute approximate surface area is 100 Å². The normalized spacial score (nSPS) is 9.08. The molecule has 1 aromatic rings. The summed E-state index contributed by atoms with van der Waals surface area (Å²) in [5, 5.41) is 7.16. The van der Waals surface area contributed by atoms with Crippen LogP contribution in [0.1, 0.15) is 5.56 Å². The minimum atomic E-state index is 0. The van der Waals surface area contributed by atoms with Crippen molar-refractivity contribution in [2.75, 3.05) is 0 Å². The Kier molecular flexibility index (Phi) is 5.60. The Morgan fingerprint density at radius 1 is 1.31 bits per heavy atom. The molecule has 0 radical (unpaired) electrons. The van der Waals surface area contributed by atoms with Crippen LogP contribution in [0.2, 0.25) is 0 Å². The van der Waals surface area contributed by atoms with Gasteiger partial charge in [-0.05, 0) is 17.7 Å². The molecular weight excluding hydrogens is 319 g/mol. The van der Waals surface area contributed by atoms with Crippen molar-refractivity contribution >= 4 is 50.1 Å². The van der Waals surface area contributed by atoms with E-state index in [2.05, 4.69) is 31.9 Å². The van der Waals surface area contributed by atoms with E-state index in [4.69, 9.17) is 11.1 Å². The SMILES string of the molecule is Cl.N=C(N)Cc1c(Br)cccc1Br. The maximum atomic E-state index is 7.16. The summed E-state index contributed by atoms with van der Waals surface area (Å²) in [5.41, 5.74) is 6.32. The van der Waals surface area contributed by atoms with Gasteiger partial charge in [-0.1, -0.05) is 37.9 Å². The van der Waals surface area contributed by atoms with E-state index < -0.39 is 0 Å². The fraction of sp³-hybridized carbons (Fsp3) is 0.125. The predicted octanol–water partition coefficient (Wildman–Crippen LogP) is 3.11. The van der Waals surface area contributed by atoms with E-state index in [-0.39, 0.29) is 18.2 Å². The van der Waals surface area contributed by atoms with E-state index in [0.29, 0.717) is 6.42 Å². The monoisotopic (exact) mass is 326 g/mol. The maximum Gasteiger partial charge on any atom is 0.0950 e. The molecule has 0 saturated heterocycles. The van der Waals surface area contributed by atoms with Crippen LogP contribution >= 0.6 is 44.3 Å². The second kappa shape index (κ2) is 5.62. The molecule has 13 heavy (non-hydrogen) atoms. The number of nitrogens with one attached hydrogen (secondary N) is 1. The lowest BCUT2D eigenvalue weighted by atomic mass is 10.1. The van der Waals surface area contributed by atoms with Gasteiger partial charge in [-0.2, -0.15) is 0 Å². The van der Waals surface area contributed by atoms with Gasteiger partial charge in [0.1, 0.15) is 0 Å². The summed E-state index contributed by atoms with van der Waals surface area (Å²) in [5.74, 6) is 0.169. The van der Waals surface area contributed by atoms with Gasteiger partial charge in [0, 0.05) is 15.4 Å². The van der Waals surface area contributed by atoms with Gasteiger partial charge in [-0.3, -0.25) is 5.41 Å². The van der Waals surface area contributed by atoms with Gasteiger partial charge in [0.15, 0.2) is 0 Å². The average molecular weight is 328 g/mol. The van der Waals surface area contributed by atoms with Gasteiger partial charge in [0.05, 0.1) is 5.84 Å². The van der Waals surface area contributed by atoms with Crippen LogP contribution in [0.15, 0.2) is 27.1 Å². The first-order valence-corrected chi connectivity index (χ1v) is 4.95. The van der Waals surface area contributed by atoms with Crippen LogP contribution in [0.25, 0.3) is 0 Å². The number of hydrogen-bond donors (Lipinski definition) is 2. The summed E-state index contributed by atoms with van der Waals surface area (Å²) in [6, 6.07) is 5.80. The molecule has 0 heterocycles. The van der Waals surface area contributed by atoms with Gasteiger partial charge in [0.25, 0.3) is 0 Å². The van der Waals surface area contributed by atoms with Crippen LogP contribution in [-0.2, 0) is 6.42 Å². The number of rotatable bonds is 2. The Morgan fingerprint density at radius 2 is 1.77 bits per heavy atom. The molecule has 5 heteroatoms. The van der Waals surface area contributed by atoms with Crippen molar-refractivity contribution in [3.05, 3.63) is 32.7 Å². The third kappa shape index (κ3) is 3.67. The first kappa shape index (κ1) is 12.9. The van der Waals surface area contributed by atoms with Crippen molar-refractivity contribution in [3.8, 4) is 0 Å². The number of hydrogen-bond acceptors (Lipinski definition) is 1. The molecule has 0 spiro atoms. The Morgan fingerprint density at radius 3 is 2.15 bits per heavy atom. The summed E-state index contributed by atoms with van der Waals surface area (Å²) in [6.45, 7) is 0. The van der Waals surface area contributed by atoms with E-state index in [0.717, 1.165) is 14.5 Å². The van der Waals surface area contributed by atoms with Crippen LogP contribution in [-0.4, -0.2) is 5.84 Å². The molecule has 1 aromatic carbocycles. The highest BCUT2D eigenvalue weighted by Gasteiger charge is 2.04. The molecule has 1 rings (SSSR count). The second-order valence-corrected chi connectivity index (χ2v) is 4.11. The Hall–Kier alpha value is -0.0600. The number of nitrogens with two attached hydrogens (primary N) is 1. The van der Waals surface area contributed by atoms with E-state index in [1.54, 1.807) is 0 Å². The quantitative estimate of drug-likeness (QED) is 0.636. The third-order valence-corrected chi connectivity index (χ3v) is 2.91. The van der Waals surface area contributed by atoms with Crippen molar-refractivity contribution in [1.82, 2.24) is 0 Å².